The van der Waals surface area contributed by atoms with E-state index in [9.17, 15) is 5.11 Å². The van der Waals surface area contributed by atoms with E-state index in [4.69, 9.17) is 4.74 Å². The normalized spacial score (nSPS) is 17.4. The molecule has 0 saturated carbocycles. The maximum Gasteiger partial charge on any atom is 0.0914 e. The van der Waals surface area contributed by atoms with Gasteiger partial charge in [-0.05, 0) is 25.1 Å². The molecule has 20 heavy (non-hydrogen) atoms. The Morgan fingerprint density at radius 1 is 1.20 bits per heavy atom. The van der Waals surface area contributed by atoms with Crippen LogP contribution in [0.15, 0.2) is 30.3 Å². The number of aliphatic hydroxyl groups excluding tert-OH is 1. The highest BCUT2D eigenvalue weighted by molar-refractivity contribution is 5.85. The van der Waals surface area contributed by atoms with Crippen LogP contribution in [0.4, 0.5) is 0 Å². The molecular formula is C15H25ClN2O2. The van der Waals surface area contributed by atoms with Gasteiger partial charge >= 0.3 is 0 Å². The first-order chi connectivity index (χ1) is 9.36. The summed E-state index contributed by atoms with van der Waals surface area (Å²) in [5, 5.41) is 13.3. The van der Waals surface area contributed by atoms with E-state index in [1.165, 1.54) is 0 Å². The van der Waals surface area contributed by atoms with Crippen molar-refractivity contribution in [2.75, 3.05) is 45.9 Å². The van der Waals surface area contributed by atoms with Gasteiger partial charge in [0.05, 0.1) is 19.3 Å². The standard InChI is InChI=1S/C15H24N2O2.ClH/c18-15(14-5-2-1-3-6-14)13-16-7-4-8-17-9-11-19-12-10-17;/h1-3,5-6,15-16,18H,4,7-13H2;1H. The van der Waals surface area contributed by atoms with Crippen LogP contribution in [-0.4, -0.2) is 55.9 Å². The van der Waals surface area contributed by atoms with Crippen LogP contribution in [0.25, 0.3) is 0 Å². The summed E-state index contributed by atoms with van der Waals surface area (Å²) >= 11 is 0. The van der Waals surface area contributed by atoms with Crippen molar-refractivity contribution in [3.63, 3.8) is 0 Å². The van der Waals surface area contributed by atoms with Gasteiger partial charge in [0.25, 0.3) is 0 Å². The average Bonchev–Trinajstić information content (AvgIpc) is 2.49. The van der Waals surface area contributed by atoms with Crippen LogP contribution < -0.4 is 5.32 Å². The summed E-state index contributed by atoms with van der Waals surface area (Å²) < 4.78 is 5.32. The van der Waals surface area contributed by atoms with Crippen LogP contribution in [0, 0.1) is 0 Å². The van der Waals surface area contributed by atoms with E-state index in [0.717, 1.165) is 51.4 Å². The van der Waals surface area contributed by atoms with Crippen LogP contribution in [0.2, 0.25) is 0 Å². The molecule has 0 radical (unpaired) electrons. The second-order valence-electron chi connectivity index (χ2n) is 4.94. The molecule has 1 unspecified atom stereocenters. The van der Waals surface area contributed by atoms with Crippen molar-refractivity contribution in [3.8, 4) is 0 Å². The monoisotopic (exact) mass is 300 g/mol. The third-order valence-electron chi connectivity index (χ3n) is 3.45. The van der Waals surface area contributed by atoms with E-state index in [0.29, 0.717) is 6.54 Å². The minimum Gasteiger partial charge on any atom is -0.387 e. The molecule has 0 amide bonds. The third kappa shape index (κ3) is 6.20. The zero-order valence-corrected chi connectivity index (χ0v) is 12.6. The van der Waals surface area contributed by atoms with E-state index in [1.807, 2.05) is 30.3 Å². The topological polar surface area (TPSA) is 44.7 Å². The maximum absolute atomic E-state index is 9.98. The minimum atomic E-state index is -0.412. The number of nitrogens with zero attached hydrogens (tertiary/aromatic N) is 1. The highest BCUT2D eigenvalue weighted by Crippen LogP contribution is 2.10. The molecule has 0 spiro atoms. The second kappa shape index (κ2) is 10.1. The highest BCUT2D eigenvalue weighted by atomic mass is 35.5. The Bertz CT molecular complexity index is 345. The molecule has 1 aromatic rings. The summed E-state index contributed by atoms with van der Waals surface area (Å²) in [7, 11) is 0. The van der Waals surface area contributed by atoms with E-state index in [-0.39, 0.29) is 12.4 Å². The lowest BCUT2D eigenvalue weighted by Gasteiger charge is -2.26. The molecule has 1 fully saturated rings. The second-order valence-corrected chi connectivity index (χ2v) is 4.94. The lowest BCUT2D eigenvalue weighted by atomic mass is 10.1. The Balaban J connectivity index is 0.00000200. The highest BCUT2D eigenvalue weighted by Gasteiger charge is 2.09. The number of halogens is 1. The van der Waals surface area contributed by atoms with Gasteiger partial charge in [-0.1, -0.05) is 30.3 Å². The predicted octanol–water partition coefficient (Wildman–Crippen LogP) is 1.45. The number of hydrogen-bond acceptors (Lipinski definition) is 4. The van der Waals surface area contributed by atoms with E-state index < -0.39 is 6.10 Å². The van der Waals surface area contributed by atoms with Crippen LogP contribution in [-0.2, 0) is 4.74 Å². The number of rotatable bonds is 7. The minimum absolute atomic E-state index is 0. The smallest absolute Gasteiger partial charge is 0.0914 e. The Morgan fingerprint density at radius 3 is 2.60 bits per heavy atom. The fraction of sp³-hybridized carbons (Fsp3) is 0.600. The Morgan fingerprint density at radius 2 is 1.90 bits per heavy atom. The first-order valence-corrected chi connectivity index (χ1v) is 7.10. The fourth-order valence-electron chi connectivity index (χ4n) is 2.28. The zero-order chi connectivity index (χ0) is 13.3. The molecular weight excluding hydrogens is 276 g/mol. The van der Waals surface area contributed by atoms with Crippen molar-refractivity contribution in [2.45, 2.75) is 12.5 Å². The van der Waals surface area contributed by atoms with Crippen molar-refractivity contribution in [3.05, 3.63) is 35.9 Å². The van der Waals surface area contributed by atoms with E-state index >= 15 is 0 Å². The maximum atomic E-state index is 9.98. The quantitative estimate of drug-likeness (QED) is 0.748. The molecule has 1 heterocycles. The number of ether oxygens (including phenoxy) is 1. The van der Waals surface area contributed by atoms with Crippen LogP contribution in [0.3, 0.4) is 0 Å². The van der Waals surface area contributed by atoms with E-state index in [2.05, 4.69) is 10.2 Å². The van der Waals surface area contributed by atoms with Gasteiger partial charge in [-0.25, -0.2) is 0 Å². The summed E-state index contributed by atoms with van der Waals surface area (Å²) in [6.45, 7) is 6.49. The summed E-state index contributed by atoms with van der Waals surface area (Å²) in [6, 6.07) is 9.79. The third-order valence-corrected chi connectivity index (χ3v) is 3.45. The molecule has 0 aromatic heterocycles. The average molecular weight is 301 g/mol. The molecule has 5 heteroatoms. The van der Waals surface area contributed by atoms with Gasteiger partial charge in [0, 0.05) is 19.6 Å². The first kappa shape index (κ1) is 17.4. The van der Waals surface area contributed by atoms with Gasteiger partial charge in [0.15, 0.2) is 0 Å². The summed E-state index contributed by atoms with van der Waals surface area (Å²) in [6.07, 6.45) is 0.700. The van der Waals surface area contributed by atoms with Gasteiger partial charge in [-0.2, -0.15) is 0 Å². The molecule has 1 aliphatic heterocycles. The van der Waals surface area contributed by atoms with Gasteiger partial charge < -0.3 is 15.2 Å². The SMILES string of the molecule is Cl.OC(CNCCCN1CCOCC1)c1ccccc1. The van der Waals surface area contributed by atoms with Gasteiger partial charge in [0.2, 0.25) is 0 Å². The van der Waals surface area contributed by atoms with Crippen molar-refractivity contribution < 1.29 is 9.84 Å². The van der Waals surface area contributed by atoms with Crippen LogP contribution in [0.5, 0.6) is 0 Å². The summed E-state index contributed by atoms with van der Waals surface area (Å²) in [4.78, 5) is 2.43. The number of benzene rings is 1. The molecule has 2 rings (SSSR count). The van der Waals surface area contributed by atoms with Gasteiger partial charge in [-0.15, -0.1) is 12.4 Å². The zero-order valence-electron chi connectivity index (χ0n) is 11.8. The molecule has 1 saturated heterocycles. The van der Waals surface area contributed by atoms with Crippen molar-refractivity contribution in [1.29, 1.82) is 0 Å². The number of hydrogen-bond donors (Lipinski definition) is 2. The fourth-order valence-corrected chi connectivity index (χ4v) is 2.28. The van der Waals surface area contributed by atoms with Crippen LogP contribution >= 0.6 is 12.4 Å². The number of nitrogens with one attached hydrogen (secondary N) is 1. The molecule has 114 valence electrons. The van der Waals surface area contributed by atoms with Crippen LogP contribution in [0.1, 0.15) is 18.1 Å². The summed E-state index contributed by atoms with van der Waals surface area (Å²) in [5.74, 6) is 0. The number of morpholine rings is 1. The molecule has 0 aliphatic carbocycles. The van der Waals surface area contributed by atoms with E-state index in [1.54, 1.807) is 0 Å². The molecule has 4 nitrogen and oxygen atoms in total. The van der Waals surface area contributed by atoms with Crippen molar-refractivity contribution in [2.24, 2.45) is 0 Å². The molecule has 1 aromatic carbocycles. The molecule has 1 atom stereocenters. The molecule has 0 bridgehead atoms. The summed E-state index contributed by atoms with van der Waals surface area (Å²) in [5.41, 5.74) is 0.975. The predicted molar refractivity (Wildman–Crippen MR) is 83.4 cm³/mol. The lowest BCUT2D eigenvalue weighted by Crippen LogP contribution is -2.37. The first-order valence-electron chi connectivity index (χ1n) is 7.10. The van der Waals surface area contributed by atoms with Crippen molar-refractivity contribution in [1.82, 2.24) is 10.2 Å². The Hall–Kier alpha value is -0.650. The Kier molecular flexibility index (Phi) is 8.82. The van der Waals surface area contributed by atoms with Gasteiger partial charge in [0.1, 0.15) is 0 Å². The van der Waals surface area contributed by atoms with Gasteiger partial charge in [-0.3, -0.25) is 4.90 Å². The lowest BCUT2D eigenvalue weighted by molar-refractivity contribution is 0.0373. The number of aliphatic hydroxyl groups is 1. The Labute approximate surface area is 127 Å². The molecule has 2 N–H and O–H groups in total. The molecule has 1 aliphatic rings. The largest absolute Gasteiger partial charge is 0.387 e. The van der Waals surface area contributed by atoms with Crippen molar-refractivity contribution >= 4 is 12.4 Å².